The monoisotopic (exact) mass is 691 g/mol. The van der Waals surface area contributed by atoms with E-state index >= 15 is 8.78 Å². The maximum Gasteiger partial charge on any atom is 0.271 e. The van der Waals surface area contributed by atoms with Gasteiger partial charge in [0.2, 0.25) is 0 Å². The van der Waals surface area contributed by atoms with Gasteiger partial charge in [0.05, 0.1) is 20.8 Å². The number of halogens is 2. The molecule has 1 aromatic heterocycles. The van der Waals surface area contributed by atoms with E-state index in [0.717, 1.165) is 42.1 Å². The molecule has 0 radical (unpaired) electrons. The van der Waals surface area contributed by atoms with E-state index in [2.05, 4.69) is 53.2 Å². The molecule has 2 fully saturated rings. The van der Waals surface area contributed by atoms with E-state index in [4.69, 9.17) is 9.47 Å². The van der Waals surface area contributed by atoms with Crippen molar-refractivity contribution in [1.29, 1.82) is 0 Å². The van der Waals surface area contributed by atoms with Gasteiger partial charge in [-0.2, -0.15) is 0 Å². The van der Waals surface area contributed by atoms with Crippen LogP contribution in [-0.4, -0.2) is 70.2 Å². The number of hydrogen-bond donors (Lipinski definition) is 0. The van der Waals surface area contributed by atoms with E-state index in [9.17, 15) is 8.42 Å². The Balaban J connectivity index is 1.28. The molecule has 0 spiro atoms. The second-order valence-corrected chi connectivity index (χ2v) is 15.0. The van der Waals surface area contributed by atoms with Gasteiger partial charge in [0, 0.05) is 48.2 Å². The highest BCUT2D eigenvalue weighted by Crippen LogP contribution is 2.41. The second kappa shape index (κ2) is 14.3. The van der Waals surface area contributed by atoms with Crippen LogP contribution in [0.15, 0.2) is 78.1 Å². The quantitative estimate of drug-likeness (QED) is 0.156. The number of nitrogens with zero attached hydrogens (tertiary/aromatic N) is 5. The summed E-state index contributed by atoms with van der Waals surface area (Å²) in [6.45, 7) is 0.841. The van der Waals surface area contributed by atoms with Crippen LogP contribution in [0.25, 0.3) is 0 Å². The Labute approximate surface area is 287 Å². The predicted molar refractivity (Wildman–Crippen MR) is 186 cm³/mol. The van der Waals surface area contributed by atoms with E-state index in [-0.39, 0.29) is 17.9 Å². The molecule has 4 aromatic rings. The fraction of sp³-hybridized carbons (Fsp3) is 0.405. The number of methoxy groups -OCH3 is 2. The maximum absolute atomic E-state index is 16.1. The summed E-state index contributed by atoms with van der Waals surface area (Å²) in [6, 6.07) is 17.4. The molecule has 0 amide bonds. The molecule has 0 N–H and O–H groups in total. The van der Waals surface area contributed by atoms with Gasteiger partial charge in [-0.25, -0.2) is 31.5 Å². The summed E-state index contributed by atoms with van der Waals surface area (Å²) < 4.78 is 72.1. The topological polar surface area (TPSA) is 88.1 Å². The molecular weight excluding hydrogens is 649 g/mol. The number of rotatable bonds is 13. The Hall–Kier alpha value is -4.29. The van der Waals surface area contributed by atoms with Crippen LogP contribution in [0.5, 0.6) is 11.5 Å². The summed E-state index contributed by atoms with van der Waals surface area (Å²) in [5, 5.41) is 0. The van der Waals surface area contributed by atoms with E-state index in [1.807, 2.05) is 4.90 Å². The third kappa shape index (κ3) is 7.35. The van der Waals surface area contributed by atoms with Crippen molar-refractivity contribution in [2.45, 2.75) is 61.4 Å². The Morgan fingerprint density at radius 3 is 2.43 bits per heavy atom. The average Bonchev–Trinajstić information content (AvgIpc) is 3.96. The van der Waals surface area contributed by atoms with Gasteiger partial charge in [-0.3, -0.25) is 0 Å². The number of ether oxygens (including phenoxy) is 2. The Kier molecular flexibility index (Phi) is 10.1. The summed E-state index contributed by atoms with van der Waals surface area (Å²) >= 11 is 0. The van der Waals surface area contributed by atoms with Crippen molar-refractivity contribution in [1.82, 2.24) is 14.9 Å². The Morgan fingerprint density at radius 1 is 1.00 bits per heavy atom. The van der Waals surface area contributed by atoms with Gasteiger partial charge in [0.15, 0.2) is 4.90 Å². The molecule has 1 aliphatic heterocycles. The fourth-order valence-corrected chi connectivity index (χ4v) is 8.36. The molecule has 0 unspecified atom stereocenters. The summed E-state index contributed by atoms with van der Waals surface area (Å²) in [5.74, 6) is -0.867. The lowest BCUT2D eigenvalue weighted by Crippen LogP contribution is -2.56. The van der Waals surface area contributed by atoms with E-state index < -0.39 is 26.6 Å². The van der Waals surface area contributed by atoms with Crippen molar-refractivity contribution in [3.63, 3.8) is 0 Å². The number of sulfonamides is 1. The first-order valence-electron chi connectivity index (χ1n) is 16.5. The minimum atomic E-state index is -4.80. The first kappa shape index (κ1) is 34.6. The molecule has 9 nitrogen and oxygen atoms in total. The molecule has 3 aromatic carbocycles. The summed E-state index contributed by atoms with van der Waals surface area (Å²) in [5.41, 5.74) is 3.22. The summed E-state index contributed by atoms with van der Waals surface area (Å²) in [7, 11) is 2.25. The SMILES string of the molecule is COc1ccc(CN(c2ccncn2)S(=O)(=O)c2c(F)cc(N3CCC[C@](CCc4cccc(C5CC5)c4)(N(C)C)C3)cc2F)c(OC)c1. The highest BCUT2D eigenvalue weighted by Gasteiger charge is 2.39. The van der Waals surface area contributed by atoms with Gasteiger partial charge in [0.25, 0.3) is 10.0 Å². The molecule has 1 aliphatic carbocycles. The Bertz CT molecular complexity index is 1870. The second-order valence-electron chi connectivity index (χ2n) is 13.2. The molecule has 1 atom stereocenters. The number of benzene rings is 3. The number of aryl methyl sites for hydroxylation is 1. The molecule has 0 bridgehead atoms. The van der Waals surface area contributed by atoms with Crippen LogP contribution >= 0.6 is 0 Å². The van der Waals surface area contributed by atoms with Crippen LogP contribution in [0, 0.1) is 11.6 Å². The lowest BCUT2D eigenvalue weighted by Gasteiger charge is -2.48. The van der Waals surface area contributed by atoms with Crippen molar-refractivity contribution in [3.05, 3.63) is 102 Å². The molecule has 1 saturated carbocycles. The molecule has 1 saturated heterocycles. The Morgan fingerprint density at radius 2 is 1.78 bits per heavy atom. The molecule has 12 heteroatoms. The van der Waals surface area contributed by atoms with Crippen molar-refractivity contribution < 1.29 is 26.7 Å². The number of anilines is 2. The van der Waals surface area contributed by atoms with Crippen molar-refractivity contribution in [2.24, 2.45) is 0 Å². The van der Waals surface area contributed by atoms with Crippen molar-refractivity contribution in [3.8, 4) is 11.5 Å². The zero-order valence-corrected chi connectivity index (χ0v) is 29.2. The summed E-state index contributed by atoms with van der Waals surface area (Å²) in [4.78, 5) is 11.1. The van der Waals surface area contributed by atoms with Gasteiger partial charge in [-0.15, -0.1) is 0 Å². The van der Waals surface area contributed by atoms with Gasteiger partial charge in [-0.1, -0.05) is 24.3 Å². The largest absolute Gasteiger partial charge is 0.497 e. The van der Waals surface area contributed by atoms with Gasteiger partial charge >= 0.3 is 0 Å². The van der Waals surface area contributed by atoms with Crippen LogP contribution < -0.4 is 18.7 Å². The molecule has 2 aliphatic rings. The first-order valence-corrected chi connectivity index (χ1v) is 18.0. The van der Waals surface area contributed by atoms with Gasteiger partial charge in [-0.05, 0) is 93.9 Å². The van der Waals surface area contributed by atoms with E-state index in [1.165, 1.54) is 56.8 Å². The zero-order chi connectivity index (χ0) is 34.8. The summed E-state index contributed by atoms with van der Waals surface area (Å²) in [6.07, 6.45) is 8.59. The van der Waals surface area contributed by atoms with Gasteiger partial charge in [0.1, 0.15) is 35.3 Å². The molecule has 49 heavy (non-hydrogen) atoms. The normalized spacial score (nSPS) is 18.1. The average molecular weight is 692 g/mol. The fourth-order valence-electron chi connectivity index (χ4n) is 6.86. The third-order valence-electron chi connectivity index (χ3n) is 9.91. The highest BCUT2D eigenvalue weighted by atomic mass is 32.2. The van der Waals surface area contributed by atoms with Crippen molar-refractivity contribution >= 4 is 21.5 Å². The van der Waals surface area contributed by atoms with Gasteiger partial charge < -0.3 is 19.3 Å². The van der Waals surface area contributed by atoms with Crippen LogP contribution in [0.3, 0.4) is 0 Å². The number of hydrogen-bond acceptors (Lipinski definition) is 8. The minimum absolute atomic E-state index is 0.0507. The van der Waals surface area contributed by atoms with Crippen molar-refractivity contribution in [2.75, 3.05) is 50.6 Å². The van der Waals surface area contributed by atoms with Crippen LogP contribution in [0.1, 0.15) is 54.7 Å². The molecule has 260 valence electrons. The first-order chi connectivity index (χ1) is 23.5. The predicted octanol–water partition coefficient (Wildman–Crippen LogP) is 6.58. The smallest absolute Gasteiger partial charge is 0.271 e. The molecular formula is C37H43F2N5O4S. The lowest BCUT2D eigenvalue weighted by molar-refractivity contribution is 0.116. The lowest BCUT2D eigenvalue weighted by atomic mass is 9.82. The van der Waals surface area contributed by atoms with Crippen LogP contribution in [0.2, 0.25) is 0 Å². The third-order valence-corrected chi connectivity index (χ3v) is 11.7. The number of piperidine rings is 1. The maximum atomic E-state index is 16.1. The number of aromatic nitrogens is 2. The standard InChI is InChI=1S/C37H43F2N5O4S/c1-42(2)37(16-13-26-7-5-8-28(19-26)27-9-10-27)15-6-18-43(24-37)30-20-32(38)36(33(39)21-30)49(45,46)44(35-14-17-40-25-41-35)23-29-11-12-31(47-3)22-34(29)48-4/h5,7-8,11-12,14,17,19-22,25,27H,6,9-10,13,15-16,18,23-24H2,1-4H3/t37-/m1/s1. The van der Waals surface area contributed by atoms with E-state index in [0.29, 0.717) is 41.8 Å². The molecule has 2 heterocycles. The number of likely N-dealkylation sites (N-methyl/N-ethyl adjacent to an activating group) is 1. The highest BCUT2D eigenvalue weighted by molar-refractivity contribution is 7.92. The minimum Gasteiger partial charge on any atom is -0.497 e. The van der Waals surface area contributed by atoms with Crippen LogP contribution in [0.4, 0.5) is 20.3 Å². The van der Waals surface area contributed by atoms with Crippen LogP contribution in [-0.2, 0) is 23.0 Å². The van der Waals surface area contributed by atoms with E-state index in [1.54, 1.807) is 18.2 Å². The molecule has 6 rings (SSSR count). The zero-order valence-electron chi connectivity index (χ0n) is 28.4.